The summed E-state index contributed by atoms with van der Waals surface area (Å²) in [5.41, 5.74) is 2.45. The second-order valence-electron chi connectivity index (χ2n) is 5.54. The summed E-state index contributed by atoms with van der Waals surface area (Å²) < 4.78 is 10.7. The molecule has 6 heteroatoms. The van der Waals surface area contributed by atoms with Crippen LogP contribution in [0.3, 0.4) is 0 Å². The number of ether oxygens (including phenoxy) is 2. The van der Waals surface area contributed by atoms with Gasteiger partial charge in [-0.1, -0.05) is 24.8 Å². The third-order valence-electron chi connectivity index (χ3n) is 3.93. The van der Waals surface area contributed by atoms with Gasteiger partial charge in [-0.15, -0.1) is 11.8 Å². The molecule has 26 heavy (non-hydrogen) atoms. The maximum absolute atomic E-state index is 12.6. The van der Waals surface area contributed by atoms with Crippen molar-refractivity contribution in [2.24, 2.45) is 0 Å². The highest BCUT2D eigenvalue weighted by Crippen LogP contribution is 2.40. The summed E-state index contributed by atoms with van der Waals surface area (Å²) in [6.45, 7) is 8.00. The van der Waals surface area contributed by atoms with Crippen LogP contribution in [0.4, 0.5) is 0 Å². The minimum absolute atomic E-state index is 0.118. The van der Waals surface area contributed by atoms with Gasteiger partial charge in [0.25, 0.3) is 0 Å². The number of nitriles is 1. The van der Waals surface area contributed by atoms with Crippen LogP contribution in [0.5, 0.6) is 5.75 Å². The lowest BCUT2D eigenvalue weighted by atomic mass is 9.82. The maximum Gasteiger partial charge on any atom is 0.337 e. The molecule has 0 aliphatic carbocycles. The number of esters is 1. The first-order valence-electron chi connectivity index (χ1n) is 8.24. The first-order valence-corrected chi connectivity index (χ1v) is 9.46. The van der Waals surface area contributed by atoms with Crippen LogP contribution in [0.15, 0.2) is 58.8 Å². The molecule has 1 aliphatic rings. The van der Waals surface area contributed by atoms with E-state index in [1.54, 1.807) is 0 Å². The van der Waals surface area contributed by atoms with Gasteiger partial charge in [0, 0.05) is 5.70 Å². The maximum atomic E-state index is 12.6. The lowest BCUT2D eigenvalue weighted by Gasteiger charge is -2.29. The zero-order chi connectivity index (χ0) is 19.1. The summed E-state index contributed by atoms with van der Waals surface area (Å²) in [5, 5.41) is 13.6. The van der Waals surface area contributed by atoms with Crippen molar-refractivity contribution >= 4 is 17.7 Å². The SMILES string of the molecule is C=CCOC(=O)C1=C(C)NC(SC)=C(C#N)[C@H]1c1ccc(OCC)cc1. The van der Waals surface area contributed by atoms with Gasteiger partial charge >= 0.3 is 5.97 Å². The smallest absolute Gasteiger partial charge is 0.337 e. The number of rotatable bonds is 7. The number of allylic oxidation sites excluding steroid dienone is 2. The molecule has 2 rings (SSSR count). The molecule has 0 fully saturated rings. The van der Waals surface area contributed by atoms with Crippen LogP contribution in [0.1, 0.15) is 25.3 Å². The van der Waals surface area contributed by atoms with Gasteiger partial charge in [0.05, 0.1) is 34.8 Å². The summed E-state index contributed by atoms with van der Waals surface area (Å²) in [6.07, 6.45) is 3.41. The van der Waals surface area contributed by atoms with Crippen molar-refractivity contribution in [1.29, 1.82) is 5.26 Å². The quantitative estimate of drug-likeness (QED) is 0.580. The Hall–Kier alpha value is -2.65. The fourth-order valence-corrected chi connectivity index (χ4v) is 3.45. The monoisotopic (exact) mass is 370 g/mol. The fourth-order valence-electron chi connectivity index (χ4n) is 2.81. The van der Waals surface area contributed by atoms with Gasteiger partial charge in [0.1, 0.15) is 12.4 Å². The second kappa shape index (κ2) is 9.16. The highest BCUT2D eigenvalue weighted by Gasteiger charge is 2.35. The summed E-state index contributed by atoms with van der Waals surface area (Å²) in [4.78, 5) is 12.6. The van der Waals surface area contributed by atoms with Crippen molar-refractivity contribution in [2.45, 2.75) is 19.8 Å². The molecule has 5 nitrogen and oxygen atoms in total. The highest BCUT2D eigenvalue weighted by atomic mass is 32.2. The van der Waals surface area contributed by atoms with Crippen LogP contribution in [0, 0.1) is 11.3 Å². The molecule has 0 aromatic heterocycles. The molecular weight excluding hydrogens is 348 g/mol. The summed E-state index contributed by atoms with van der Waals surface area (Å²) in [6, 6.07) is 9.70. The average molecular weight is 370 g/mol. The predicted octanol–water partition coefficient (Wildman–Crippen LogP) is 3.87. The Kier molecular flexibility index (Phi) is 6.93. The van der Waals surface area contributed by atoms with E-state index >= 15 is 0 Å². The first kappa shape index (κ1) is 19.7. The summed E-state index contributed by atoms with van der Waals surface area (Å²) in [7, 11) is 0. The van der Waals surface area contributed by atoms with Crippen LogP contribution in [0.25, 0.3) is 0 Å². The lowest BCUT2D eigenvalue weighted by Crippen LogP contribution is -2.28. The molecule has 0 saturated carbocycles. The standard InChI is InChI=1S/C20H22N2O3S/c1-5-11-25-20(23)17-13(3)22-19(26-4)16(12-21)18(17)14-7-9-15(10-8-14)24-6-2/h5,7-10,18,22H,1,6,11H2,2-4H3/t18-/m1/s1. The van der Waals surface area contributed by atoms with E-state index in [9.17, 15) is 10.1 Å². The van der Waals surface area contributed by atoms with Gasteiger partial charge in [-0.25, -0.2) is 4.79 Å². The third-order valence-corrected chi connectivity index (χ3v) is 4.66. The Morgan fingerprint density at radius 3 is 2.65 bits per heavy atom. The minimum Gasteiger partial charge on any atom is -0.494 e. The normalized spacial score (nSPS) is 16.6. The molecule has 0 unspecified atom stereocenters. The molecule has 1 aromatic carbocycles. The van der Waals surface area contributed by atoms with Gasteiger partial charge < -0.3 is 14.8 Å². The first-order chi connectivity index (χ1) is 12.6. The number of hydrogen-bond acceptors (Lipinski definition) is 6. The molecule has 0 saturated heterocycles. The van der Waals surface area contributed by atoms with Gasteiger partial charge in [-0.3, -0.25) is 0 Å². The zero-order valence-electron chi connectivity index (χ0n) is 15.2. The topological polar surface area (TPSA) is 71.3 Å². The van der Waals surface area contributed by atoms with Crippen LogP contribution in [0.2, 0.25) is 0 Å². The van der Waals surface area contributed by atoms with E-state index in [-0.39, 0.29) is 6.61 Å². The molecular formula is C20H22N2O3S. The van der Waals surface area contributed by atoms with Gasteiger partial charge in [-0.05, 0) is 37.8 Å². The molecule has 1 N–H and O–H groups in total. The van der Waals surface area contributed by atoms with E-state index in [4.69, 9.17) is 9.47 Å². The molecule has 0 bridgehead atoms. The number of dihydropyridines is 1. The Balaban J connectivity index is 2.53. The van der Waals surface area contributed by atoms with Crippen molar-refractivity contribution in [3.63, 3.8) is 0 Å². The Morgan fingerprint density at radius 2 is 2.12 bits per heavy atom. The van der Waals surface area contributed by atoms with E-state index in [0.29, 0.717) is 23.5 Å². The second-order valence-corrected chi connectivity index (χ2v) is 6.36. The van der Waals surface area contributed by atoms with Crippen LogP contribution in [-0.4, -0.2) is 25.4 Å². The van der Waals surface area contributed by atoms with Gasteiger partial charge in [0.15, 0.2) is 0 Å². The van der Waals surface area contributed by atoms with Crippen molar-refractivity contribution in [2.75, 3.05) is 19.5 Å². The Morgan fingerprint density at radius 1 is 1.42 bits per heavy atom. The molecule has 1 aliphatic heterocycles. The van der Waals surface area contributed by atoms with Crippen LogP contribution >= 0.6 is 11.8 Å². The van der Waals surface area contributed by atoms with Crippen molar-refractivity contribution in [3.8, 4) is 11.8 Å². The number of nitrogens with zero attached hydrogens (tertiary/aromatic N) is 1. The van der Waals surface area contributed by atoms with Gasteiger partial charge in [0.2, 0.25) is 0 Å². The number of benzene rings is 1. The lowest BCUT2D eigenvalue weighted by molar-refractivity contribution is -0.138. The summed E-state index contributed by atoms with van der Waals surface area (Å²) in [5.74, 6) is -0.201. The van der Waals surface area contributed by atoms with E-state index in [1.165, 1.54) is 17.8 Å². The number of hydrogen-bond donors (Lipinski definition) is 1. The fraction of sp³-hybridized carbons (Fsp3) is 0.300. The number of nitrogens with one attached hydrogen (secondary N) is 1. The number of thioether (sulfide) groups is 1. The van der Waals surface area contributed by atoms with Crippen molar-refractivity contribution in [1.82, 2.24) is 5.32 Å². The average Bonchev–Trinajstić information content (AvgIpc) is 2.66. The van der Waals surface area contributed by atoms with Gasteiger partial charge in [-0.2, -0.15) is 5.26 Å². The zero-order valence-corrected chi connectivity index (χ0v) is 16.0. The Labute approximate surface area is 158 Å². The Bertz CT molecular complexity index is 788. The number of carbonyl (C=O) groups excluding carboxylic acids is 1. The highest BCUT2D eigenvalue weighted by molar-refractivity contribution is 8.02. The van der Waals surface area contributed by atoms with Crippen LogP contribution in [-0.2, 0) is 9.53 Å². The van der Waals surface area contributed by atoms with E-state index < -0.39 is 11.9 Å². The summed E-state index contributed by atoms with van der Waals surface area (Å²) >= 11 is 1.44. The minimum atomic E-state index is -0.489. The molecule has 1 atom stereocenters. The molecule has 0 radical (unpaired) electrons. The molecule has 1 heterocycles. The van der Waals surface area contributed by atoms with E-state index in [0.717, 1.165) is 16.3 Å². The number of carbonyl (C=O) groups is 1. The molecule has 0 spiro atoms. The largest absolute Gasteiger partial charge is 0.494 e. The molecule has 1 aromatic rings. The molecule has 136 valence electrons. The van der Waals surface area contributed by atoms with E-state index in [2.05, 4.69) is 18.0 Å². The third kappa shape index (κ3) is 4.12. The van der Waals surface area contributed by atoms with Crippen LogP contribution < -0.4 is 10.1 Å². The van der Waals surface area contributed by atoms with Crippen molar-refractivity contribution < 1.29 is 14.3 Å². The predicted molar refractivity (Wildman–Crippen MR) is 103 cm³/mol. The molecule has 0 amide bonds. The van der Waals surface area contributed by atoms with E-state index in [1.807, 2.05) is 44.4 Å². The van der Waals surface area contributed by atoms with Crippen molar-refractivity contribution in [3.05, 3.63) is 64.4 Å².